The van der Waals surface area contributed by atoms with Gasteiger partial charge >= 0.3 is 0 Å². The Bertz CT molecular complexity index is 691. The highest BCUT2D eigenvalue weighted by Crippen LogP contribution is 2.21. The third-order valence-corrected chi connectivity index (χ3v) is 4.82. The zero-order valence-corrected chi connectivity index (χ0v) is 14.5. The standard InChI is InChI=1S/C21H26N2O2/c24-13-10-16-4-6-18(7-5-16)19-2-1-3-20(14-19)21(25)23-15-17-8-11-22-12-9-17/h1-7,14,17,22,24H,8-13,15H2,(H,23,25). The lowest BCUT2D eigenvalue weighted by atomic mass is 9.98. The molecule has 1 fully saturated rings. The number of aliphatic hydroxyl groups excluding tert-OH is 1. The Morgan fingerprint density at radius 2 is 1.84 bits per heavy atom. The van der Waals surface area contributed by atoms with Crippen LogP contribution in [-0.2, 0) is 6.42 Å². The minimum Gasteiger partial charge on any atom is -0.396 e. The zero-order valence-electron chi connectivity index (χ0n) is 14.5. The van der Waals surface area contributed by atoms with Gasteiger partial charge in [-0.05, 0) is 67.1 Å². The molecule has 0 bridgehead atoms. The summed E-state index contributed by atoms with van der Waals surface area (Å²) in [5.74, 6) is 0.574. The van der Waals surface area contributed by atoms with Gasteiger partial charge in [-0.3, -0.25) is 4.79 Å². The zero-order chi connectivity index (χ0) is 17.5. The van der Waals surface area contributed by atoms with E-state index in [0.29, 0.717) is 17.9 Å². The lowest BCUT2D eigenvalue weighted by Gasteiger charge is -2.22. The summed E-state index contributed by atoms with van der Waals surface area (Å²) in [5, 5.41) is 15.4. The van der Waals surface area contributed by atoms with E-state index in [1.165, 1.54) is 0 Å². The topological polar surface area (TPSA) is 61.4 Å². The van der Waals surface area contributed by atoms with Gasteiger partial charge in [0.2, 0.25) is 0 Å². The first-order valence-corrected chi connectivity index (χ1v) is 9.05. The molecule has 0 radical (unpaired) electrons. The minimum absolute atomic E-state index is 0.00252. The van der Waals surface area contributed by atoms with Crippen molar-refractivity contribution in [1.82, 2.24) is 10.6 Å². The second-order valence-electron chi connectivity index (χ2n) is 6.65. The number of amides is 1. The Hall–Kier alpha value is -2.17. The van der Waals surface area contributed by atoms with Crippen LogP contribution in [0.5, 0.6) is 0 Å². The van der Waals surface area contributed by atoms with Crippen LogP contribution in [0.4, 0.5) is 0 Å². The van der Waals surface area contributed by atoms with Gasteiger partial charge in [0.15, 0.2) is 0 Å². The number of hydrogen-bond acceptors (Lipinski definition) is 3. The van der Waals surface area contributed by atoms with Gasteiger partial charge in [-0.2, -0.15) is 0 Å². The van der Waals surface area contributed by atoms with Crippen LogP contribution in [0.2, 0.25) is 0 Å². The van der Waals surface area contributed by atoms with Gasteiger partial charge in [-0.1, -0.05) is 36.4 Å². The van der Waals surface area contributed by atoms with Crippen molar-refractivity contribution < 1.29 is 9.90 Å². The summed E-state index contributed by atoms with van der Waals surface area (Å²) in [5.41, 5.74) is 3.92. The van der Waals surface area contributed by atoms with Crippen molar-refractivity contribution in [3.63, 3.8) is 0 Å². The van der Waals surface area contributed by atoms with Crippen molar-refractivity contribution in [3.8, 4) is 11.1 Å². The third kappa shape index (κ3) is 4.91. The summed E-state index contributed by atoms with van der Waals surface area (Å²) >= 11 is 0. The highest BCUT2D eigenvalue weighted by atomic mass is 16.2. The predicted octanol–water partition coefficient (Wildman–Crippen LogP) is 2.62. The van der Waals surface area contributed by atoms with E-state index in [0.717, 1.165) is 49.2 Å². The average molecular weight is 338 g/mol. The molecule has 1 aliphatic rings. The van der Waals surface area contributed by atoms with Crippen LogP contribution >= 0.6 is 0 Å². The molecule has 0 aromatic heterocycles. The molecule has 1 amide bonds. The van der Waals surface area contributed by atoms with Crippen LogP contribution in [-0.4, -0.2) is 37.3 Å². The minimum atomic E-state index is -0.00252. The van der Waals surface area contributed by atoms with Crippen LogP contribution in [0.25, 0.3) is 11.1 Å². The number of piperidine rings is 1. The molecular weight excluding hydrogens is 312 g/mol. The van der Waals surface area contributed by atoms with E-state index in [9.17, 15) is 4.79 Å². The first-order valence-electron chi connectivity index (χ1n) is 9.05. The summed E-state index contributed by atoms with van der Waals surface area (Å²) in [7, 11) is 0. The Balaban J connectivity index is 1.64. The molecule has 4 nitrogen and oxygen atoms in total. The fraction of sp³-hybridized carbons (Fsp3) is 0.381. The van der Waals surface area contributed by atoms with E-state index in [1.54, 1.807) is 0 Å². The van der Waals surface area contributed by atoms with E-state index in [4.69, 9.17) is 5.11 Å². The largest absolute Gasteiger partial charge is 0.396 e. The summed E-state index contributed by atoms with van der Waals surface area (Å²) in [4.78, 5) is 12.5. The molecule has 1 aliphatic heterocycles. The van der Waals surface area contributed by atoms with Gasteiger partial charge in [-0.25, -0.2) is 0 Å². The van der Waals surface area contributed by atoms with Gasteiger partial charge in [0.25, 0.3) is 5.91 Å². The van der Waals surface area contributed by atoms with E-state index in [1.807, 2.05) is 48.5 Å². The number of carbonyl (C=O) groups is 1. The normalized spacial score (nSPS) is 15.1. The van der Waals surface area contributed by atoms with Crippen molar-refractivity contribution >= 4 is 5.91 Å². The van der Waals surface area contributed by atoms with Gasteiger partial charge in [-0.15, -0.1) is 0 Å². The maximum atomic E-state index is 12.5. The van der Waals surface area contributed by atoms with Crippen molar-refractivity contribution in [3.05, 3.63) is 59.7 Å². The molecule has 1 heterocycles. The fourth-order valence-electron chi connectivity index (χ4n) is 3.26. The highest BCUT2D eigenvalue weighted by molar-refractivity contribution is 5.95. The van der Waals surface area contributed by atoms with E-state index in [-0.39, 0.29) is 12.5 Å². The summed E-state index contributed by atoms with van der Waals surface area (Å²) in [6, 6.07) is 15.9. The highest BCUT2D eigenvalue weighted by Gasteiger charge is 2.14. The van der Waals surface area contributed by atoms with Crippen LogP contribution in [0.15, 0.2) is 48.5 Å². The first kappa shape index (κ1) is 17.6. The van der Waals surface area contributed by atoms with Crippen molar-refractivity contribution in [2.75, 3.05) is 26.2 Å². The molecule has 3 rings (SSSR count). The molecule has 0 atom stereocenters. The van der Waals surface area contributed by atoms with Gasteiger partial charge in [0.1, 0.15) is 0 Å². The summed E-state index contributed by atoms with van der Waals surface area (Å²) < 4.78 is 0. The second kappa shape index (κ2) is 8.79. The molecular formula is C21H26N2O2. The van der Waals surface area contributed by atoms with Crippen molar-refractivity contribution in [2.45, 2.75) is 19.3 Å². The van der Waals surface area contributed by atoms with E-state index in [2.05, 4.69) is 10.6 Å². The van der Waals surface area contributed by atoms with E-state index < -0.39 is 0 Å². The number of benzene rings is 2. The van der Waals surface area contributed by atoms with Crippen LogP contribution in [0, 0.1) is 5.92 Å². The number of rotatable bonds is 6. The number of carbonyl (C=O) groups excluding carboxylic acids is 1. The Morgan fingerprint density at radius 3 is 2.56 bits per heavy atom. The third-order valence-electron chi connectivity index (χ3n) is 4.82. The van der Waals surface area contributed by atoms with Crippen molar-refractivity contribution in [2.24, 2.45) is 5.92 Å². The quantitative estimate of drug-likeness (QED) is 0.759. The Labute approximate surface area is 149 Å². The second-order valence-corrected chi connectivity index (χ2v) is 6.65. The molecule has 25 heavy (non-hydrogen) atoms. The van der Waals surface area contributed by atoms with Gasteiger partial charge < -0.3 is 15.7 Å². The maximum absolute atomic E-state index is 12.5. The lowest BCUT2D eigenvalue weighted by Crippen LogP contribution is -2.35. The number of hydrogen-bond donors (Lipinski definition) is 3. The molecule has 2 aromatic rings. The molecule has 0 spiro atoms. The average Bonchev–Trinajstić information content (AvgIpc) is 2.68. The molecule has 1 saturated heterocycles. The molecule has 4 heteroatoms. The van der Waals surface area contributed by atoms with Crippen LogP contribution in [0.3, 0.4) is 0 Å². The lowest BCUT2D eigenvalue weighted by molar-refractivity contribution is 0.0944. The molecule has 3 N–H and O–H groups in total. The molecule has 0 saturated carbocycles. The Morgan fingerprint density at radius 1 is 1.08 bits per heavy atom. The number of aliphatic hydroxyl groups is 1. The first-order chi connectivity index (χ1) is 12.3. The van der Waals surface area contributed by atoms with Crippen LogP contribution in [0.1, 0.15) is 28.8 Å². The van der Waals surface area contributed by atoms with Gasteiger partial charge in [0, 0.05) is 18.7 Å². The van der Waals surface area contributed by atoms with Crippen LogP contribution < -0.4 is 10.6 Å². The molecule has 2 aromatic carbocycles. The molecule has 132 valence electrons. The Kier molecular flexibility index (Phi) is 6.20. The predicted molar refractivity (Wildman–Crippen MR) is 101 cm³/mol. The SMILES string of the molecule is O=C(NCC1CCNCC1)c1cccc(-c2ccc(CCO)cc2)c1. The summed E-state index contributed by atoms with van der Waals surface area (Å²) in [6.07, 6.45) is 2.92. The fourth-order valence-corrected chi connectivity index (χ4v) is 3.26. The van der Waals surface area contributed by atoms with Crippen molar-refractivity contribution in [1.29, 1.82) is 0 Å². The van der Waals surface area contributed by atoms with E-state index >= 15 is 0 Å². The maximum Gasteiger partial charge on any atom is 0.251 e. The number of nitrogens with one attached hydrogen (secondary N) is 2. The smallest absolute Gasteiger partial charge is 0.251 e. The van der Waals surface area contributed by atoms with Gasteiger partial charge in [0.05, 0.1) is 0 Å². The molecule has 0 unspecified atom stereocenters. The monoisotopic (exact) mass is 338 g/mol. The summed E-state index contributed by atoms with van der Waals surface area (Å²) in [6.45, 7) is 3.00. The molecule has 0 aliphatic carbocycles.